The number of hydrogen-bond donors (Lipinski definition) is 0. The lowest BCUT2D eigenvalue weighted by Gasteiger charge is -2.13. The smallest absolute Gasteiger partial charge is 0.0150 e. The molecule has 0 aliphatic carbocycles. The van der Waals surface area contributed by atoms with Crippen molar-refractivity contribution >= 4 is 0 Å². The molecule has 0 radical (unpaired) electrons. The second-order valence-electron chi connectivity index (χ2n) is 5.01. The Bertz CT molecular complexity index is 497. The molecule has 88 valence electrons. The zero-order chi connectivity index (χ0) is 12.3. The van der Waals surface area contributed by atoms with Gasteiger partial charge in [-0.3, -0.25) is 0 Å². The van der Waals surface area contributed by atoms with Crippen LogP contribution in [0.3, 0.4) is 0 Å². The largest absolute Gasteiger partial charge is 0.0617 e. The van der Waals surface area contributed by atoms with Crippen molar-refractivity contribution in [3.05, 3.63) is 70.8 Å². The molecular formula is C17H20. The van der Waals surface area contributed by atoms with Crippen LogP contribution in [-0.4, -0.2) is 0 Å². The van der Waals surface area contributed by atoms with Crippen molar-refractivity contribution in [3.63, 3.8) is 0 Å². The molecular weight excluding hydrogens is 204 g/mol. The first-order valence-electron chi connectivity index (χ1n) is 6.27. The van der Waals surface area contributed by atoms with Gasteiger partial charge < -0.3 is 0 Å². The lowest BCUT2D eigenvalue weighted by Crippen LogP contribution is -1.99. The summed E-state index contributed by atoms with van der Waals surface area (Å²) in [5.41, 5.74) is 5.56. The summed E-state index contributed by atoms with van der Waals surface area (Å²) in [6.07, 6.45) is 1.12. The predicted octanol–water partition coefficient (Wildman–Crippen LogP) is 4.65. The topological polar surface area (TPSA) is 0 Å². The number of benzene rings is 2. The molecule has 0 saturated carbocycles. The van der Waals surface area contributed by atoms with Crippen LogP contribution in [0.1, 0.15) is 35.1 Å². The summed E-state index contributed by atoms with van der Waals surface area (Å²) in [5.74, 6) is 0.580. The standard InChI is InChI=1S/C17H20/c1-13-6-4-8-16(10-13)12-15(3)17-9-5-7-14(2)11-17/h4-11,15H,12H2,1-3H3/t15-/m0/s1. The molecule has 0 bridgehead atoms. The van der Waals surface area contributed by atoms with Crippen LogP contribution in [0.5, 0.6) is 0 Å². The van der Waals surface area contributed by atoms with Crippen molar-refractivity contribution < 1.29 is 0 Å². The molecule has 0 spiro atoms. The van der Waals surface area contributed by atoms with Gasteiger partial charge in [0.1, 0.15) is 0 Å². The summed E-state index contributed by atoms with van der Waals surface area (Å²) in [6, 6.07) is 17.6. The van der Waals surface area contributed by atoms with E-state index in [0.717, 1.165) is 6.42 Å². The Morgan fingerprint density at radius 2 is 1.53 bits per heavy atom. The van der Waals surface area contributed by atoms with Crippen LogP contribution < -0.4 is 0 Å². The molecule has 0 nitrogen and oxygen atoms in total. The molecule has 0 aromatic heterocycles. The van der Waals surface area contributed by atoms with Crippen LogP contribution in [0, 0.1) is 13.8 Å². The van der Waals surface area contributed by atoms with Gasteiger partial charge in [-0.15, -0.1) is 0 Å². The van der Waals surface area contributed by atoms with Gasteiger partial charge in [0.15, 0.2) is 0 Å². The van der Waals surface area contributed by atoms with E-state index in [1.165, 1.54) is 22.3 Å². The second-order valence-corrected chi connectivity index (χ2v) is 5.01. The van der Waals surface area contributed by atoms with E-state index in [9.17, 15) is 0 Å². The van der Waals surface area contributed by atoms with Gasteiger partial charge in [-0.25, -0.2) is 0 Å². The number of aryl methyl sites for hydroxylation is 2. The van der Waals surface area contributed by atoms with Gasteiger partial charge in [0.05, 0.1) is 0 Å². The highest BCUT2D eigenvalue weighted by Crippen LogP contribution is 2.21. The average molecular weight is 224 g/mol. The molecule has 0 heterocycles. The summed E-state index contributed by atoms with van der Waals surface area (Å²) >= 11 is 0. The Kier molecular flexibility index (Phi) is 3.63. The van der Waals surface area contributed by atoms with Crippen LogP contribution in [0.25, 0.3) is 0 Å². The Hall–Kier alpha value is -1.56. The highest BCUT2D eigenvalue weighted by Gasteiger charge is 2.06. The van der Waals surface area contributed by atoms with E-state index in [-0.39, 0.29) is 0 Å². The molecule has 0 heteroatoms. The lowest BCUT2D eigenvalue weighted by atomic mass is 9.92. The minimum absolute atomic E-state index is 0.580. The molecule has 0 amide bonds. The monoisotopic (exact) mass is 224 g/mol. The van der Waals surface area contributed by atoms with Gasteiger partial charge in [0.25, 0.3) is 0 Å². The summed E-state index contributed by atoms with van der Waals surface area (Å²) in [5, 5.41) is 0. The maximum Gasteiger partial charge on any atom is -0.0150 e. The van der Waals surface area contributed by atoms with Crippen molar-refractivity contribution in [2.75, 3.05) is 0 Å². The van der Waals surface area contributed by atoms with E-state index in [1.54, 1.807) is 0 Å². The maximum absolute atomic E-state index is 2.30. The number of hydrogen-bond acceptors (Lipinski definition) is 0. The van der Waals surface area contributed by atoms with Crippen LogP contribution in [0.15, 0.2) is 48.5 Å². The normalized spacial score (nSPS) is 12.4. The van der Waals surface area contributed by atoms with Crippen LogP contribution >= 0.6 is 0 Å². The molecule has 0 unspecified atom stereocenters. The quantitative estimate of drug-likeness (QED) is 0.712. The fourth-order valence-corrected chi connectivity index (χ4v) is 2.29. The van der Waals surface area contributed by atoms with Gasteiger partial charge in [0, 0.05) is 0 Å². The van der Waals surface area contributed by atoms with Crippen LogP contribution in [0.2, 0.25) is 0 Å². The molecule has 0 fully saturated rings. The SMILES string of the molecule is Cc1cccc(C[C@H](C)c2cccc(C)c2)c1. The summed E-state index contributed by atoms with van der Waals surface area (Å²) in [7, 11) is 0. The van der Waals surface area contributed by atoms with E-state index in [1.807, 2.05) is 0 Å². The molecule has 0 aliphatic rings. The first-order chi connectivity index (χ1) is 8.15. The third-order valence-corrected chi connectivity index (χ3v) is 3.24. The maximum atomic E-state index is 2.30. The van der Waals surface area contributed by atoms with E-state index in [4.69, 9.17) is 0 Å². The summed E-state index contributed by atoms with van der Waals surface area (Å²) in [4.78, 5) is 0. The zero-order valence-corrected chi connectivity index (χ0v) is 10.9. The fraction of sp³-hybridized carbons (Fsp3) is 0.294. The third-order valence-electron chi connectivity index (χ3n) is 3.24. The highest BCUT2D eigenvalue weighted by molar-refractivity contribution is 5.28. The van der Waals surface area contributed by atoms with Crippen molar-refractivity contribution in [3.8, 4) is 0 Å². The molecule has 17 heavy (non-hydrogen) atoms. The Morgan fingerprint density at radius 3 is 2.18 bits per heavy atom. The third kappa shape index (κ3) is 3.20. The van der Waals surface area contributed by atoms with Crippen molar-refractivity contribution in [1.82, 2.24) is 0 Å². The van der Waals surface area contributed by atoms with Crippen molar-refractivity contribution in [2.24, 2.45) is 0 Å². The first-order valence-corrected chi connectivity index (χ1v) is 6.27. The highest BCUT2D eigenvalue weighted by atomic mass is 14.1. The van der Waals surface area contributed by atoms with Gasteiger partial charge >= 0.3 is 0 Å². The van der Waals surface area contributed by atoms with E-state index < -0.39 is 0 Å². The van der Waals surface area contributed by atoms with Gasteiger partial charge in [-0.05, 0) is 37.3 Å². The van der Waals surface area contributed by atoms with Gasteiger partial charge in [-0.2, -0.15) is 0 Å². The van der Waals surface area contributed by atoms with E-state index >= 15 is 0 Å². The minimum atomic E-state index is 0.580. The van der Waals surface area contributed by atoms with Gasteiger partial charge in [0.2, 0.25) is 0 Å². The molecule has 2 rings (SSSR count). The van der Waals surface area contributed by atoms with E-state index in [2.05, 4.69) is 69.3 Å². The van der Waals surface area contributed by atoms with Crippen LogP contribution in [0.4, 0.5) is 0 Å². The average Bonchev–Trinajstić information content (AvgIpc) is 2.29. The Balaban J connectivity index is 2.14. The molecule has 0 saturated heterocycles. The first kappa shape index (κ1) is 11.9. The predicted molar refractivity (Wildman–Crippen MR) is 74.5 cm³/mol. The fourth-order valence-electron chi connectivity index (χ4n) is 2.29. The molecule has 2 aromatic carbocycles. The summed E-state index contributed by atoms with van der Waals surface area (Å²) in [6.45, 7) is 6.61. The van der Waals surface area contributed by atoms with Crippen molar-refractivity contribution in [2.45, 2.75) is 33.1 Å². The van der Waals surface area contributed by atoms with Gasteiger partial charge in [-0.1, -0.05) is 66.6 Å². The molecule has 0 aliphatic heterocycles. The molecule has 0 N–H and O–H groups in total. The van der Waals surface area contributed by atoms with E-state index in [0.29, 0.717) is 5.92 Å². The minimum Gasteiger partial charge on any atom is -0.0617 e. The summed E-state index contributed by atoms with van der Waals surface area (Å²) < 4.78 is 0. The lowest BCUT2D eigenvalue weighted by molar-refractivity contribution is 0.758. The Morgan fingerprint density at radius 1 is 0.882 bits per heavy atom. The molecule has 1 atom stereocenters. The number of rotatable bonds is 3. The molecule has 2 aromatic rings. The second kappa shape index (κ2) is 5.18. The van der Waals surface area contributed by atoms with Crippen LogP contribution in [-0.2, 0) is 6.42 Å². The zero-order valence-electron chi connectivity index (χ0n) is 10.9. The van der Waals surface area contributed by atoms with Crippen molar-refractivity contribution in [1.29, 1.82) is 0 Å². The Labute approximate surface area is 104 Å².